The van der Waals surface area contributed by atoms with Gasteiger partial charge in [-0.3, -0.25) is 9.89 Å². The summed E-state index contributed by atoms with van der Waals surface area (Å²) in [5, 5.41) is 9.65. The minimum atomic E-state index is -0.242. The van der Waals surface area contributed by atoms with E-state index in [1.807, 2.05) is 61.5 Å². The summed E-state index contributed by atoms with van der Waals surface area (Å²) in [6.45, 7) is 2.51. The fraction of sp³-hybridized carbons (Fsp3) is 0.143. The van der Waals surface area contributed by atoms with E-state index < -0.39 is 0 Å². The van der Waals surface area contributed by atoms with E-state index in [1.54, 1.807) is 6.07 Å². The van der Waals surface area contributed by atoms with Crippen LogP contribution in [-0.4, -0.2) is 29.3 Å². The number of carbonyl (C=O) groups is 1. The number of H-pyrrole nitrogens is 1. The van der Waals surface area contributed by atoms with Gasteiger partial charge in [-0.25, -0.2) is 0 Å². The molecule has 0 aliphatic heterocycles. The molecule has 1 amide bonds. The van der Waals surface area contributed by atoms with Crippen molar-refractivity contribution in [2.75, 3.05) is 13.2 Å². The maximum atomic E-state index is 12.1. The van der Waals surface area contributed by atoms with Crippen molar-refractivity contribution in [3.8, 4) is 28.8 Å². The molecule has 0 spiro atoms. The first-order chi connectivity index (χ1) is 12.7. The van der Waals surface area contributed by atoms with Gasteiger partial charge in [0.15, 0.2) is 0 Å². The zero-order chi connectivity index (χ0) is 18.2. The van der Waals surface area contributed by atoms with Crippen molar-refractivity contribution < 1.29 is 9.53 Å². The van der Waals surface area contributed by atoms with Gasteiger partial charge < -0.3 is 10.1 Å². The Labute approximate surface area is 152 Å². The van der Waals surface area contributed by atoms with Gasteiger partial charge in [-0.05, 0) is 24.6 Å². The van der Waals surface area contributed by atoms with Gasteiger partial charge >= 0.3 is 0 Å². The number of carbonyl (C=O) groups excluding carboxylic acids is 1. The summed E-state index contributed by atoms with van der Waals surface area (Å²) in [5.74, 6) is 6.33. The average Bonchev–Trinajstić information content (AvgIpc) is 3.17. The predicted octanol–water partition coefficient (Wildman–Crippen LogP) is 3.20. The summed E-state index contributed by atoms with van der Waals surface area (Å²) in [6, 6.07) is 19.2. The van der Waals surface area contributed by atoms with Gasteiger partial charge in [0, 0.05) is 5.56 Å². The van der Waals surface area contributed by atoms with Gasteiger partial charge in [-0.2, -0.15) is 5.10 Å². The Kier molecular flexibility index (Phi) is 5.69. The van der Waals surface area contributed by atoms with Crippen molar-refractivity contribution >= 4 is 5.91 Å². The standard InChI is InChI=1S/C21H19N3O2/c1-16-9-5-6-12-20(16)26-14-8-7-13-22-21(25)19-15-18(23-24-19)17-10-3-2-4-11-17/h2-6,9-12,15H,13-14H2,1H3,(H,22,25)(H,23,24). The summed E-state index contributed by atoms with van der Waals surface area (Å²) in [6.07, 6.45) is 0. The number of hydrogen-bond donors (Lipinski definition) is 2. The molecule has 0 aliphatic rings. The molecule has 0 unspecified atom stereocenters. The van der Waals surface area contributed by atoms with Crippen LogP contribution in [0.25, 0.3) is 11.3 Å². The van der Waals surface area contributed by atoms with Crippen LogP contribution >= 0.6 is 0 Å². The van der Waals surface area contributed by atoms with Crippen molar-refractivity contribution in [2.45, 2.75) is 6.92 Å². The quantitative estimate of drug-likeness (QED) is 0.698. The molecule has 0 saturated heterocycles. The Morgan fingerprint density at radius 1 is 1.12 bits per heavy atom. The van der Waals surface area contributed by atoms with Crippen molar-refractivity contribution in [3.63, 3.8) is 0 Å². The Bertz CT molecular complexity index is 936. The molecular formula is C21H19N3O2. The first kappa shape index (κ1) is 17.3. The van der Waals surface area contributed by atoms with Crippen LogP contribution in [-0.2, 0) is 0 Å². The molecule has 1 heterocycles. The molecule has 5 nitrogen and oxygen atoms in total. The van der Waals surface area contributed by atoms with E-state index in [0.29, 0.717) is 5.69 Å². The smallest absolute Gasteiger partial charge is 0.270 e. The van der Waals surface area contributed by atoms with Crippen LogP contribution < -0.4 is 10.1 Å². The lowest BCUT2D eigenvalue weighted by atomic mass is 10.1. The third kappa shape index (κ3) is 4.52. The van der Waals surface area contributed by atoms with Gasteiger partial charge in [0.05, 0.1) is 12.2 Å². The summed E-state index contributed by atoms with van der Waals surface area (Å²) < 4.78 is 5.58. The van der Waals surface area contributed by atoms with E-state index in [1.165, 1.54) is 0 Å². The van der Waals surface area contributed by atoms with Crippen LogP contribution in [0, 0.1) is 18.8 Å². The number of ether oxygens (including phenoxy) is 1. The molecule has 5 heteroatoms. The van der Waals surface area contributed by atoms with Crippen molar-refractivity contribution in [3.05, 3.63) is 71.9 Å². The number of benzene rings is 2. The zero-order valence-electron chi connectivity index (χ0n) is 14.5. The highest BCUT2D eigenvalue weighted by atomic mass is 16.5. The van der Waals surface area contributed by atoms with Gasteiger partial charge in [-0.1, -0.05) is 60.4 Å². The van der Waals surface area contributed by atoms with E-state index >= 15 is 0 Å². The average molecular weight is 345 g/mol. The minimum absolute atomic E-state index is 0.242. The fourth-order valence-corrected chi connectivity index (χ4v) is 2.36. The number of amides is 1. The van der Waals surface area contributed by atoms with Crippen LogP contribution in [0.4, 0.5) is 0 Å². The molecule has 0 fully saturated rings. The molecule has 2 N–H and O–H groups in total. The van der Waals surface area contributed by atoms with Crippen LogP contribution in [0.3, 0.4) is 0 Å². The van der Waals surface area contributed by atoms with E-state index in [2.05, 4.69) is 27.4 Å². The topological polar surface area (TPSA) is 67.0 Å². The lowest BCUT2D eigenvalue weighted by Gasteiger charge is -2.04. The maximum absolute atomic E-state index is 12.1. The molecule has 3 rings (SSSR count). The molecular weight excluding hydrogens is 326 g/mol. The molecule has 0 bridgehead atoms. The first-order valence-corrected chi connectivity index (χ1v) is 8.27. The highest BCUT2D eigenvalue weighted by molar-refractivity contribution is 5.93. The highest BCUT2D eigenvalue weighted by Crippen LogP contribution is 2.17. The normalized spacial score (nSPS) is 9.88. The molecule has 26 heavy (non-hydrogen) atoms. The number of aryl methyl sites for hydroxylation is 1. The van der Waals surface area contributed by atoms with E-state index in [9.17, 15) is 4.79 Å². The SMILES string of the molecule is Cc1ccccc1OCC#CCNC(=O)c1cc(-c2ccccc2)n[nH]1. The van der Waals surface area contributed by atoms with Gasteiger partial charge in [0.1, 0.15) is 18.1 Å². The molecule has 1 aromatic heterocycles. The van der Waals surface area contributed by atoms with Crippen LogP contribution in [0.1, 0.15) is 16.1 Å². The lowest BCUT2D eigenvalue weighted by molar-refractivity contribution is 0.0953. The number of aromatic amines is 1. The summed E-state index contributed by atoms with van der Waals surface area (Å²) in [5.41, 5.74) is 3.15. The second-order valence-corrected chi connectivity index (χ2v) is 5.62. The zero-order valence-corrected chi connectivity index (χ0v) is 14.5. The van der Waals surface area contributed by atoms with Crippen LogP contribution in [0.15, 0.2) is 60.7 Å². The van der Waals surface area contributed by atoms with Crippen LogP contribution in [0.2, 0.25) is 0 Å². The molecule has 130 valence electrons. The Morgan fingerprint density at radius 3 is 2.69 bits per heavy atom. The second-order valence-electron chi connectivity index (χ2n) is 5.62. The fourth-order valence-electron chi connectivity index (χ4n) is 2.36. The maximum Gasteiger partial charge on any atom is 0.270 e. The third-order valence-corrected chi connectivity index (χ3v) is 3.75. The Hall–Kier alpha value is -3.52. The number of hydrogen-bond acceptors (Lipinski definition) is 3. The second kappa shape index (κ2) is 8.54. The van der Waals surface area contributed by atoms with Crippen molar-refractivity contribution in [1.82, 2.24) is 15.5 Å². The number of aromatic nitrogens is 2. The first-order valence-electron chi connectivity index (χ1n) is 8.27. The van der Waals surface area contributed by atoms with Crippen LogP contribution in [0.5, 0.6) is 5.75 Å². The Morgan fingerprint density at radius 2 is 1.88 bits per heavy atom. The number of nitrogens with zero attached hydrogens (tertiary/aromatic N) is 1. The molecule has 2 aromatic carbocycles. The molecule has 0 aliphatic carbocycles. The summed E-state index contributed by atoms with van der Waals surface area (Å²) in [7, 11) is 0. The monoisotopic (exact) mass is 345 g/mol. The van der Waals surface area contributed by atoms with Crippen molar-refractivity contribution in [2.24, 2.45) is 0 Å². The number of rotatable bonds is 5. The minimum Gasteiger partial charge on any atom is -0.481 e. The molecule has 0 radical (unpaired) electrons. The molecule has 3 aromatic rings. The van der Waals surface area contributed by atoms with Gasteiger partial charge in [-0.15, -0.1) is 0 Å². The Balaban J connectivity index is 1.46. The molecule has 0 atom stereocenters. The summed E-state index contributed by atoms with van der Waals surface area (Å²) >= 11 is 0. The molecule has 0 saturated carbocycles. The number of nitrogens with one attached hydrogen (secondary N) is 2. The largest absolute Gasteiger partial charge is 0.481 e. The summed E-state index contributed by atoms with van der Waals surface area (Å²) in [4.78, 5) is 12.1. The number of para-hydroxylation sites is 1. The van der Waals surface area contributed by atoms with E-state index in [-0.39, 0.29) is 19.1 Å². The lowest BCUT2D eigenvalue weighted by Crippen LogP contribution is -2.24. The van der Waals surface area contributed by atoms with E-state index in [0.717, 1.165) is 22.6 Å². The van der Waals surface area contributed by atoms with Crippen molar-refractivity contribution in [1.29, 1.82) is 0 Å². The van der Waals surface area contributed by atoms with E-state index in [4.69, 9.17) is 4.74 Å². The van der Waals surface area contributed by atoms with Gasteiger partial charge in [0.2, 0.25) is 0 Å². The van der Waals surface area contributed by atoms with Gasteiger partial charge in [0.25, 0.3) is 5.91 Å². The third-order valence-electron chi connectivity index (χ3n) is 3.75. The predicted molar refractivity (Wildman–Crippen MR) is 101 cm³/mol. The highest BCUT2D eigenvalue weighted by Gasteiger charge is 2.09.